The van der Waals surface area contributed by atoms with Crippen LogP contribution in [0.15, 0.2) is 48.5 Å². The summed E-state index contributed by atoms with van der Waals surface area (Å²) < 4.78 is 0. The number of carbonyl (C=O) groups excluding carboxylic acids is 1. The fourth-order valence-corrected chi connectivity index (χ4v) is 2.04. The second kappa shape index (κ2) is 7.29. The van der Waals surface area contributed by atoms with E-state index in [0.717, 1.165) is 11.3 Å². The Morgan fingerprint density at radius 3 is 2.45 bits per heavy atom. The third-order valence-electron chi connectivity index (χ3n) is 2.63. The van der Waals surface area contributed by atoms with Gasteiger partial charge in [-0.25, -0.2) is 0 Å². The van der Waals surface area contributed by atoms with Crippen molar-refractivity contribution in [1.82, 2.24) is 5.32 Å². The number of rotatable bonds is 5. The molecule has 0 fully saturated rings. The van der Waals surface area contributed by atoms with Gasteiger partial charge in [-0.15, -0.1) is 0 Å². The summed E-state index contributed by atoms with van der Waals surface area (Å²) in [4.78, 5) is 11.7. The van der Waals surface area contributed by atoms with Crippen molar-refractivity contribution in [2.75, 3.05) is 11.9 Å². The van der Waals surface area contributed by atoms with Crippen LogP contribution in [0, 0.1) is 0 Å². The van der Waals surface area contributed by atoms with E-state index in [2.05, 4.69) is 10.6 Å². The molecule has 3 nitrogen and oxygen atoms in total. The zero-order chi connectivity index (χ0) is 14.4. The van der Waals surface area contributed by atoms with Gasteiger partial charge in [0.15, 0.2) is 0 Å². The molecule has 2 rings (SSSR count). The summed E-state index contributed by atoms with van der Waals surface area (Å²) in [6.07, 6.45) is 0. The monoisotopic (exact) mass is 308 g/mol. The molecule has 2 aromatic rings. The van der Waals surface area contributed by atoms with E-state index in [1.165, 1.54) is 0 Å². The van der Waals surface area contributed by atoms with Gasteiger partial charge in [0.2, 0.25) is 5.91 Å². The molecule has 5 heteroatoms. The van der Waals surface area contributed by atoms with Gasteiger partial charge in [0.1, 0.15) is 0 Å². The van der Waals surface area contributed by atoms with Gasteiger partial charge < -0.3 is 10.6 Å². The van der Waals surface area contributed by atoms with Crippen LogP contribution in [0.5, 0.6) is 0 Å². The molecule has 0 unspecified atom stereocenters. The summed E-state index contributed by atoms with van der Waals surface area (Å²) in [5, 5.41) is 7.17. The van der Waals surface area contributed by atoms with Crippen molar-refractivity contribution >= 4 is 34.8 Å². The fraction of sp³-hybridized carbons (Fsp3) is 0.133. The SMILES string of the molecule is O=C(CNCc1cccc(Cl)c1)Nc1ccc(Cl)cc1. The third kappa shape index (κ3) is 4.85. The van der Waals surface area contributed by atoms with Crippen molar-refractivity contribution in [2.45, 2.75) is 6.54 Å². The lowest BCUT2D eigenvalue weighted by molar-refractivity contribution is -0.115. The number of amides is 1. The van der Waals surface area contributed by atoms with E-state index >= 15 is 0 Å². The van der Waals surface area contributed by atoms with Crippen molar-refractivity contribution in [2.24, 2.45) is 0 Å². The lowest BCUT2D eigenvalue weighted by Crippen LogP contribution is -2.27. The number of anilines is 1. The van der Waals surface area contributed by atoms with Crippen molar-refractivity contribution in [3.05, 3.63) is 64.1 Å². The van der Waals surface area contributed by atoms with Gasteiger partial charge in [0.05, 0.1) is 6.54 Å². The van der Waals surface area contributed by atoms with Crippen LogP contribution < -0.4 is 10.6 Å². The average Bonchev–Trinajstić information content (AvgIpc) is 2.41. The minimum Gasteiger partial charge on any atom is -0.325 e. The summed E-state index contributed by atoms with van der Waals surface area (Å²) in [6.45, 7) is 0.823. The lowest BCUT2D eigenvalue weighted by Gasteiger charge is -2.07. The van der Waals surface area contributed by atoms with Crippen molar-refractivity contribution in [3.8, 4) is 0 Å². The number of hydrogen-bond donors (Lipinski definition) is 2. The zero-order valence-electron chi connectivity index (χ0n) is 10.7. The summed E-state index contributed by atoms with van der Waals surface area (Å²) in [5.41, 5.74) is 1.76. The highest BCUT2D eigenvalue weighted by atomic mass is 35.5. The van der Waals surface area contributed by atoms with Gasteiger partial charge in [0, 0.05) is 22.3 Å². The smallest absolute Gasteiger partial charge is 0.238 e. The van der Waals surface area contributed by atoms with Crippen LogP contribution in [0.2, 0.25) is 10.0 Å². The molecule has 0 spiro atoms. The Bertz CT molecular complexity index is 585. The first-order valence-corrected chi connectivity index (χ1v) is 6.89. The maximum absolute atomic E-state index is 11.7. The van der Waals surface area contributed by atoms with Crippen LogP contribution in [0.4, 0.5) is 5.69 Å². The molecule has 0 heterocycles. The van der Waals surface area contributed by atoms with Crippen molar-refractivity contribution in [1.29, 1.82) is 0 Å². The Morgan fingerprint density at radius 2 is 1.75 bits per heavy atom. The first-order chi connectivity index (χ1) is 9.63. The molecule has 0 bridgehead atoms. The van der Waals surface area contributed by atoms with E-state index in [1.807, 2.05) is 24.3 Å². The molecule has 0 radical (unpaired) electrons. The highest BCUT2D eigenvalue weighted by Crippen LogP contribution is 2.13. The normalized spacial score (nSPS) is 10.3. The Kier molecular flexibility index (Phi) is 5.41. The van der Waals surface area contributed by atoms with Gasteiger partial charge in [0.25, 0.3) is 0 Å². The van der Waals surface area contributed by atoms with Gasteiger partial charge in [-0.3, -0.25) is 4.79 Å². The topological polar surface area (TPSA) is 41.1 Å². The zero-order valence-corrected chi connectivity index (χ0v) is 12.2. The van der Waals surface area contributed by atoms with E-state index in [0.29, 0.717) is 16.6 Å². The van der Waals surface area contributed by atoms with E-state index in [9.17, 15) is 4.79 Å². The largest absolute Gasteiger partial charge is 0.325 e. The molecule has 0 aliphatic rings. The van der Waals surface area contributed by atoms with Gasteiger partial charge in [-0.05, 0) is 42.0 Å². The summed E-state index contributed by atoms with van der Waals surface area (Å²) >= 11 is 11.7. The predicted molar refractivity (Wildman–Crippen MR) is 83.2 cm³/mol. The number of benzene rings is 2. The van der Waals surface area contributed by atoms with Crippen LogP contribution in [-0.2, 0) is 11.3 Å². The molecular formula is C15H14Cl2N2O. The minimum absolute atomic E-state index is 0.102. The summed E-state index contributed by atoms with van der Waals surface area (Å²) in [7, 11) is 0. The van der Waals surface area contributed by atoms with E-state index in [-0.39, 0.29) is 12.5 Å². The quantitative estimate of drug-likeness (QED) is 0.884. The van der Waals surface area contributed by atoms with Crippen LogP contribution in [0.1, 0.15) is 5.56 Å². The molecule has 20 heavy (non-hydrogen) atoms. The minimum atomic E-state index is -0.102. The number of hydrogen-bond acceptors (Lipinski definition) is 2. The van der Waals surface area contributed by atoms with Crippen LogP contribution >= 0.6 is 23.2 Å². The first kappa shape index (κ1) is 14.9. The standard InChI is InChI=1S/C15H14Cl2N2O/c16-12-4-6-14(7-5-12)19-15(20)10-18-9-11-2-1-3-13(17)8-11/h1-8,18H,9-10H2,(H,19,20). The maximum Gasteiger partial charge on any atom is 0.238 e. The van der Waals surface area contributed by atoms with Gasteiger partial charge in [-0.2, -0.15) is 0 Å². The highest BCUT2D eigenvalue weighted by molar-refractivity contribution is 6.30. The van der Waals surface area contributed by atoms with Crippen LogP contribution in [0.25, 0.3) is 0 Å². The molecule has 0 saturated carbocycles. The van der Waals surface area contributed by atoms with Gasteiger partial charge >= 0.3 is 0 Å². The van der Waals surface area contributed by atoms with Crippen LogP contribution in [0.3, 0.4) is 0 Å². The molecule has 0 aromatic heterocycles. The molecule has 104 valence electrons. The maximum atomic E-state index is 11.7. The molecule has 0 aliphatic carbocycles. The molecular weight excluding hydrogens is 295 g/mol. The number of carbonyl (C=O) groups is 1. The van der Waals surface area contributed by atoms with E-state index < -0.39 is 0 Å². The predicted octanol–water partition coefficient (Wildman–Crippen LogP) is 3.72. The Balaban J connectivity index is 1.76. The second-order valence-corrected chi connectivity index (χ2v) is 5.16. The Hall–Kier alpha value is -1.55. The van der Waals surface area contributed by atoms with Crippen molar-refractivity contribution < 1.29 is 4.79 Å². The average molecular weight is 309 g/mol. The molecule has 0 saturated heterocycles. The number of halogens is 2. The molecule has 2 aromatic carbocycles. The van der Waals surface area contributed by atoms with Crippen molar-refractivity contribution in [3.63, 3.8) is 0 Å². The number of nitrogens with one attached hydrogen (secondary N) is 2. The van der Waals surface area contributed by atoms with Gasteiger partial charge in [-0.1, -0.05) is 35.3 Å². The second-order valence-electron chi connectivity index (χ2n) is 4.29. The van der Waals surface area contributed by atoms with Crippen LogP contribution in [-0.4, -0.2) is 12.5 Å². The summed E-state index contributed by atoms with van der Waals surface area (Å²) in [5.74, 6) is -0.102. The Labute approximate surface area is 127 Å². The molecule has 2 N–H and O–H groups in total. The summed E-state index contributed by atoms with van der Waals surface area (Å²) in [6, 6.07) is 14.5. The molecule has 0 atom stereocenters. The molecule has 0 aliphatic heterocycles. The van der Waals surface area contributed by atoms with E-state index in [4.69, 9.17) is 23.2 Å². The van der Waals surface area contributed by atoms with E-state index in [1.54, 1.807) is 24.3 Å². The Morgan fingerprint density at radius 1 is 1.00 bits per heavy atom. The molecule has 1 amide bonds. The lowest BCUT2D eigenvalue weighted by atomic mass is 10.2. The third-order valence-corrected chi connectivity index (χ3v) is 3.12. The first-order valence-electron chi connectivity index (χ1n) is 6.14. The highest BCUT2D eigenvalue weighted by Gasteiger charge is 2.02. The fourth-order valence-electron chi connectivity index (χ4n) is 1.71.